The van der Waals surface area contributed by atoms with Crippen LogP contribution in [0.2, 0.25) is 0 Å². The van der Waals surface area contributed by atoms with Gasteiger partial charge in [-0.15, -0.1) is 10.2 Å². The molecule has 10 heteroatoms. The van der Waals surface area contributed by atoms with Gasteiger partial charge in [0.05, 0.1) is 12.6 Å². The Morgan fingerprint density at radius 2 is 1.76 bits per heavy atom. The summed E-state index contributed by atoms with van der Waals surface area (Å²) in [6.07, 6.45) is 5.57. The fourth-order valence-electron chi connectivity index (χ4n) is 6.19. The summed E-state index contributed by atoms with van der Waals surface area (Å²) in [5.74, 6) is 1.39. The van der Waals surface area contributed by atoms with Crippen molar-refractivity contribution in [3.63, 3.8) is 0 Å². The van der Waals surface area contributed by atoms with Crippen LogP contribution < -0.4 is 5.32 Å². The van der Waals surface area contributed by atoms with Crippen LogP contribution in [-0.2, 0) is 11.3 Å². The first-order valence-corrected chi connectivity index (χ1v) is 15.4. The SMILES string of the molecule is CC(C)N(C)C1=NC2(CCC(C(C)(C)C)CC2)N([C@H](CCC(C)(C)C)c2ccc(C(=O)NCc3nn[nH]n3)cc2)C1=O. The maximum Gasteiger partial charge on any atom is 0.291 e. The summed E-state index contributed by atoms with van der Waals surface area (Å²) in [6, 6.07) is 7.70. The lowest BCUT2D eigenvalue weighted by atomic mass is 9.69. The smallest absolute Gasteiger partial charge is 0.291 e. The van der Waals surface area contributed by atoms with Gasteiger partial charge >= 0.3 is 0 Å². The summed E-state index contributed by atoms with van der Waals surface area (Å²) >= 11 is 0. The van der Waals surface area contributed by atoms with Crippen LogP contribution in [0.3, 0.4) is 0 Å². The van der Waals surface area contributed by atoms with Gasteiger partial charge in [-0.2, -0.15) is 5.21 Å². The highest BCUT2D eigenvalue weighted by molar-refractivity contribution is 6.39. The van der Waals surface area contributed by atoms with Crippen molar-refractivity contribution in [2.45, 2.75) is 118 Å². The van der Waals surface area contributed by atoms with E-state index in [2.05, 4.69) is 86.2 Å². The number of H-pyrrole nitrogens is 1. The predicted molar refractivity (Wildman–Crippen MR) is 165 cm³/mol. The number of rotatable bonds is 8. The number of tetrazole rings is 1. The number of amides is 2. The van der Waals surface area contributed by atoms with E-state index >= 15 is 0 Å². The number of nitrogens with zero attached hydrogens (tertiary/aromatic N) is 6. The van der Waals surface area contributed by atoms with Gasteiger partial charge in [-0.1, -0.05) is 58.9 Å². The van der Waals surface area contributed by atoms with E-state index in [1.807, 2.05) is 36.2 Å². The fourth-order valence-corrected chi connectivity index (χ4v) is 6.19. The minimum absolute atomic E-state index is 0.0150. The van der Waals surface area contributed by atoms with Crippen molar-refractivity contribution in [3.05, 3.63) is 41.2 Å². The number of aliphatic imine (C=N–C) groups is 1. The lowest BCUT2D eigenvalue weighted by molar-refractivity contribution is -0.134. The largest absolute Gasteiger partial charge is 0.353 e. The Bertz CT molecular complexity index is 1250. The van der Waals surface area contributed by atoms with E-state index in [-0.39, 0.29) is 41.3 Å². The second-order valence-electron chi connectivity index (χ2n) is 14.7. The second kappa shape index (κ2) is 12.1. The lowest BCUT2D eigenvalue weighted by Gasteiger charge is -2.47. The van der Waals surface area contributed by atoms with Gasteiger partial charge in [0.25, 0.3) is 11.8 Å². The molecule has 1 aliphatic carbocycles. The van der Waals surface area contributed by atoms with Crippen LogP contribution in [-0.4, -0.2) is 66.8 Å². The molecule has 230 valence electrons. The maximum absolute atomic E-state index is 14.4. The van der Waals surface area contributed by atoms with E-state index in [1.165, 1.54) is 0 Å². The van der Waals surface area contributed by atoms with Crippen molar-refractivity contribution in [2.75, 3.05) is 7.05 Å². The first-order chi connectivity index (χ1) is 19.6. The molecule has 10 nitrogen and oxygen atoms in total. The minimum atomic E-state index is -0.555. The number of amidine groups is 1. The average molecular weight is 579 g/mol. The normalized spacial score (nSPS) is 22.0. The predicted octanol–water partition coefficient (Wildman–Crippen LogP) is 5.51. The monoisotopic (exact) mass is 578 g/mol. The van der Waals surface area contributed by atoms with Crippen molar-refractivity contribution in [2.24, 2.45) is 21.7 Å². The fraction of sp³-hybridized carbons (Fsp3) is 0.688. The molecular weight excluding hydrogens is 528 g/mol. The zero-order valence-electron chi connectivity index (χ0n) is 27.0. The maximum atomic E-state index is 14.4. The number of aromatic amines is 1. The van der Waals surface area contributed by atoms with Crippen LogP contribution in [0.25, 0.3) is 0 Å². The highest BCUT2D eigenvalue weighted by atomic mass is 16.2. The van der Waals surface area contributed by atoms with Gasteiger partial charge in [0.1, 0.15) is 5.66 Å². The second-order valence-corrected chi connectivity index (χ2v) is 14.7. The Morgan fingerprint density at radius 3 is 2.29 bits per heavy atom. The molecule has 42 heavy (non-hydrogen) atoms. The Balaban J connectivity index is 1.67. The zero-order valence-corrected chi connectivity index (χ0v) is 27.0. The van der Waals surface area contributed by atoms with Crippen LogP contribution in [0.4, 0.5) is 0 Å². The van der Waals surface area contributed by atoms with E-state index in [0.29, 0.717) is 23.1 Å². The highest BCUT2D eigenvalue weighted by Gasteiger charge is 2.53. The molecular formula is C32H50N8O2. The summed E-state index contributed by atoms with van der Waals surface area (Å²) in [5.41, 5.74) is 1.35. The molecule has 4 rings (SSSR count). The number of hydrogen-bond donors (Lipinski definition) is 2. The number of nitrogens with one attached hydrogen (secondary N) is 2. The molecule has 1 atom stereocenters. The van der Waals surface area contributed by atoms with Gasteiger partial charge in [0.15, 0.2) is 11.7 Å². The molecule has 2 N–H and O–H groups in total. The minimum Gasteiger partial charge on any atom is -0.353 e. The number of carbonyl (C=O) groups is 2. The number of hydrogen-bond acceptors (Lipinski definition) is 7. The first-order valence-electron chi connectivity index (χ1n) is 15.4. The van der Waals surface area contributed by atoms with Crippen LogP contribution in [0.1, 0.15) is 122 Å². The molecule has 2 aromatic rings. The summed E-state index contributed by atoms with van der Waals surface area (Å²) in [5, 5.41) is 16.5. The number of carbonyl (C=O) groups excluding carboxylic acids is 2. The van der Waals surface area contributed by atoms with Gasteiger partial charge < -0.3 is 15.1 Å². The Morgan fingerprint density at radius 1 is 1.12 bits per heavy atom. The summed E-state index contributed by atoms with van der Waals surface area (Å²) in [7, 11) is 1.98. The Kier molecular flexibility index (Phi) is 9.14. The van der Waals surface area contributed by atoms with Gasteiger partial charge in [-0.05, 0) is 86.8 Å². The van der Waals surface area contributed by atoms with Gasteiger partial charge in [-0.25, -0.2) is 4.99 Å². The third-order valence-electron chi connectivity index (χ3n) is 9.13. The molecule has 1 fully saturated rings. The van der Waals surface area contributed by atoms with Crippen LogP contribution in [0, 0.1) is 16.7 Å². The molecule has 1 saturated carbocycles. The van der Waals surface area contributed by atoms with Crippen molar-refractivity contribution in [1.82, 2.24) is 35.7 Å². The molecule has 1 spiro atoms. The number of aromatic nitrogens is 4. The topological polar surface area (TPSA) is 119 Å². The van der Waals surface area contributed by atoms with Crippen molar-refractivity contribution < 1.29 is 9.59 Å². The van der Waals surface area contributed by atoms with Crippen molar-refractivity contribution in [3.8, 4) is 0 Å². The molecule has 2 heterocycles. The lowest BCUT2D eigenvalue weighted by Crippen LogP contribution is -2.52. The van der Waals surface area contributed by atoms with Crippen molar-refractivity contribution in [1.29, 1.82) is 0 Å². The third-order valence-corrected chi connectivity index (χ3v) is 9.13. The molecule has 0 bridgehead atoms. The van der Waals surface area contributed by atoms with Crippen LogP contribution in [0.5, 0.6) is 0 Å². The van der Waals surface area contributed by atoms with Gasteiger partial charge in [0, 0.05) is 18.7 Å². The molecule has 0 radical (unpaired) electrons. The van der Waals surface area contributed by atoms with Gasteiger partial charge in [0.2, 0.25) is 0 Å². The molecule has 0 saturated heterocycles. The molecule has 2 aliphatic rings. The Hall–Kier alpha value is -3.30. The standard InChI is InChI=1S/C32H50N8O2/c1-21(2)39(9)27-29(42)40(32(34-27)18-14-24(15-19-32)31(6,7)8)25(16-17-30(3,4)5)22-10-12-23(13-11-22)28(41)33-20-26-35-37-38-36-26/h10-13,21,24-25H,14-20H2,1-9H3,(H,33,41)(H,35,36,37,38)/t24?,25-,32?/m1/s1. The Labute approximate surface area is 251 Å². The van der Waals surface area contributed by atoms with Crippen molar-refractivity contribution >= 4 is 17.6 Å². The summed E-state index contributed by atoms with van der Waals surface area (Å²) in [6.45, 7) is 18.1. The molecule has 2 amide bonds. The molecule has 1 aliphatic heterocycles. The first kappa shape index (κ1) is 31.6. The van der Waals surface area contributed by atoms with E-state index < -0.39 is 5.66 Å². The van der Waals surface area contributed by atoms with E-state index in [4.69, 9.17) is 4.99 Å². The third kappa shape index (κ3) is 7.01. The van der Waals surface area contributed by atoms with E-state index in [0.717, 1.165) is 44.1 Å². The van der Waals surface area contributed by atoms with E-state index in [9.17, 15) is 9.59 Å². The summed E-state index contributed by atoms with van der Waals surface area (Å²) < 4.78 is 0. The molecule has 1 aromatic carbocycles. The average Bonchev–Trinajstić information content (AvgIpc) is 3.53. The highest BCUT2D eigenvalue weighted by Crippen LogP contribution is 2.50. The zero-order chi connectivity index (χ0) is 30.9. The number of benzene rings is 1. The number of likely N-dealkylation sites (N-methyl/N-ethyl adjacent to an activating group) is 1. The molecule has 0 unspecified atom stereocenters. The quantitative estimate of drug-likeness (QED) is 0.426. The van der Waals surface area contributed by atoms with E-state index in [1.54, 1.807) is 0 Å². The van der Waals surface area contributed by atoms with Gasteiger partial charge in [-0.3, -0.25) is 9.59 Å². The molecule has 1 aromatic heterocycles. The van der Waals surface area contributed by atoms with Crippen LogP contribution in [0.15, 0.2) is 29.3 Å². The van der Waals surface area contributed by atoms with Crippen LogP contribution >= 0.6 is 0 Å². The summed E-state index contributed by atoms with van der Waals surface area (Å²) in [4.78, 5) is 36.7.